The average Bonchev–Trinajstić information content (AvgIpc) is 2.53. The lowest BCUT2D eigenvalue weighted by Gasteiger charge is -2.14. The Kier molecular flexibility index (Phi) is 5.83. The fourth-order valence-electron chi connectivity index (χ4n) is 2.08. The highest BCUT2D eigenvalue weighted by atomic mass is 16.5. The average molecular weight is 283 g/mol. The van der Waals surface area contributed by atoms with Crippen molar-refractivity contribution in [2.45, 2.75) is 25.8 Å². The van der Waals surface area contributed by atoms with E-state index >= 15 is 0 Å². The second-order valence-corrected chi connectivity index (χ2v) is 5.09. The minimum absolute atomic E-state index is 0.0552. The van der Waals surface area contributed by atoms with E-state index < -0.39 is 0 Å². The van der Waals surface area contributed by atoms with Gasteiger partial charge < -0.3 is 10.1 Å². The zero-order valence-electron chi connectivity index (χ0n) is 12.3. The minimum Gasteiger partial charge on any atom is -0.484 e. The Labute approximate surface area is 126 Å². The maximum atomic E-state index is 11.8. The van der Waals surface area contributed by atoms with E-state index in [-0.39, 0.29) is 18.6 Å². The molecule has 2 aromatic carbocycles. The number of nitrogens with one attached hydrogen (secondary N) is 1. The van der Waals surface area contributed by atoms with Crippen LogP contribution in [0.25, 0.3) is 0 Å². The van der Waals surface area contributed by atoms with Gasteiger partial charge in [0.1, 0.15) is 5.75 Å². The van der Waals surface area contributed by atoms with Crippen LogP contribution in [0.3, 0.4) is 0 Å². The summed E-state index contributed by atoms with van der Waals surface area (Å²) in [7, 11) is 0. The van der Waals surface area contributed by atoms with Crippen molar-refractivity contribution in [2.75, 3.05) is 6.61 Å². The molecule has 0 saturated carbocycles. The van der Waals surface area contributed by atoms with Gasteiger partial charge in [-0.3, -0.25) is 4.79 Å². The highest BCUT2D eigenvalue weighted by Gasteiger charge is 2.08. The summed E-state index contributed by atoms with van der Waals surface area (Å²) in [5.41, 5.74) is 1.29. The van der Waals surface area contributed by atoms with Gasteiger partial charge in [0.2, 0.25) is 0 Å². The van der Waals surface area contributed by atoms with Gasteiger partial charge in [-0.15, -0.1) is 0 Å². The van der Waals surface area contributed by atoms with Gasteiger partial charge in [0.25, 0.3) is 5.91 Å². The molecular weight excluding hydrogens is 262 g/mol. The topological polar surface area (TPSA) is 38.3 Å². The first-order chi connectivity index (χ1) is 10.2. The first-order valence-electron chi connectivity index (χ1n) is 7.25. The van der Waals surface area contributed by atoms with Crippen molar-refractivity contribution < 1.29 is 9.53 Å². The van der Waals surface area contributed by atoms with Crippen LogP contribution in [0.2, 0.25) is 0 Å². The molecule has 0 aliphatic carbocycles. The molecule has 0 radical (unpaired) electrons. The van der Waals surface area contributed by atoms with E-state index in [0.717, 1.165) is 12.8 Å². The summed E-state index contributed by atoms with van der Waals surface area (Å²) < 4.78 is 5.42. The van der Waals surface area contributed by atoms with Crippen LogP contribution in [0, 0.1) is 0 Å². The molecule has 110 valence electrons. The number of carbonyl (C=O) groups is 1. The molecule has 1 amide bonds. The van der Waals surface area contributed by atoms with Gasteiger partial charge in [-0.2, -0.15) is 0 Å². The number of hydrogen-bond acceptors (Lipinski definition) is 2. The third-order valence-corrected chi connectivity index (χ3v) is 3.23. The number of hydrogen-bond donors (Lipinski definition) is 1. The molecule has 0 spiro atoms. The maximum absolute atomic E-state index is 11.8. The standard InChI is InChI=1S/C18H21NO2/c1-15(12-13-16-8-4-2-5-9-16)19-18(20)14-21-17-10-6-3-7-11-17/h2-11,15H,12-14H2,1H3,(H,19,20)/t15-/m1/s1. The molecule has 0 heterocycles. The van der Waals surface area contributed by atoms with Crippen molar-refractivity contribution in [2.24, 2.45) is 0 Å². The van der Waals surface area contributed by atoms with Crippen molar-refractivity contribution >= 4 is 5.91 Å². The number of aryl methyl sites for hydroxylation is 1. The maximum Gasteiger partial charge on any atom is 0.258 e. The smallest absolute Gasteiger partial charge is 0.258 e. The molecule has 0 bridgehead atoms. The van der Waals surface area contributed by atoms with Gasteiger partial charge in [0.15, 0.2) is 6.61 Å². The molecule has 0 aliphatic heterocycles. The fraction of sp³-hybridized carbons (Fsp3) is 0.278. The number of amides is 1. The van der Waals surface area contributed by atoms with E-state index in [1.54, 1.807) is 0 Å². The predicted octanol–water partition coefficient (Wildman–Crippen LogP) is 3.20. The van der Waals surface area contributed by atoms with E-state index in [1.807, 2.05) is 55.5 Å². The largest absolute Gasteiger partial charge is 0.484 e. The molecule has 1 N–H and O–H groups in total. The van der Waals surface area contributed by atoms with Crippen LogP contribution in [0.15, 0.2) is 60.7 Å². The number of rotatable bonds is 7. The van der Waals surface area contributed by atoms with E-state index in [1.165, 1.54) is 5.56 Å². The van der Waals surface area contributed by atoms with Crippen molar-refractivity contribution in [3.05, 3.63) is 66.2 Å². The monoisotopic (exact) mass is 283 g/mol. The predicted molar refractivity (Wildman–Crippen MR) is 84.3 cm³/mol. The Balaban J connectivity index is 1.67. The van der Waals surface area contributed by atoms with E-state index in [0.29, 0.717) is 5.75 Å². The van der Waals surface area contributed by atoms with E-state index in [2.05, 4.69) is 17.4 Å². The van der Waals surface area contributed by atoms with Gasteiger partial charge in [-0.1, -0.05) is 48.5 Å². The summed E-state index contributed by atoms with van der Waals surface area (Å²) in [6.45, 7) is 2.07. The molecule has 0 fully saturated rings. The van der Waals surface area contributed by atoms with Gasteiger partial charge in [-0.25, -0.2) is 0 Å². The zero-order chi connectivity index (χ0) is 14.9. The summed E-state index contributed by atoms with van der Waals surface area (Å²) in [5.74, 6) is 0.629. The lowest BCUT2D eigenvalue weighted by Crippen LogP contribution is -2.36. The number of benzene rings is 2. The van der Waals surface area contributed by atoms with Crippen LogP contribution in [0.1, 0.15) is 18.9 Å². The molecule has 0 unspecified atom stereocenters. The number of ether oxygens (including phenoxy) is 1. The van der Waals surface area contributed by atoms with Crippen LogP contribution in [0.5, 0.6) is 5.75 Å². The van der Waals surface area contributed by atoms with Crippen LogP contribution >= 0.6 is 0 Å². The summed E-state index contributed by atoms with van der Waals surface area (Å²) in [4.78, 5) is 11.8. The Hall–Kier alpha value is -2.29. The molecule has 2 aromatic rings. The van der Waals surface area contributed by atoms with Gasteiger partial charge in [0.05, 0.1) is 0 Å². The first kappa shape index (κ1) is 15.1. The first-order valence-corrected chi connectivity index (χ1v) is 7.25. The molecular formula is C18H21NO2. The highest BCUT2D eigenvalue weighted by Crippen LogP contribution is 2.08. The second kappa shape index (κ2) is 8.10. The molecule has 0 aliphatic rings. The van der Waals surface area contributed by atoms with Crippen LogP contribution in [-0.2, 0) is 11.2 Å². The van der Waals surface area contributed by atoms with Crippen LogP contribution in [0.4, 0.5) is 0 Å². The minimum atomic E-state index is -0.0839. The molecule has 0 aromatic heterocycles. The van der Waals surface area contributed by atoms with Crippen molar-refractivity contribution in [3.63, 3.8) is 0 Å². The summed E-state index contributed by atoms with van der Waals surface area (Å²) >= 11 is 0. The van der Waals surface area contributed by atoms with Gasteiger partial charge in [0, 0.05) is 6.04 Å². The van der Waals surface area contributed by atoms with E-state index in [4.69, 9.17) is 4.74 Å². The van der Waals surface area contributed by atoms with Crippen LogP contribution in [-0.4, -0.2) is 18.6 Å². The zero-order valence-corrected chi connectivity index (χ0v) is 12.3. The van der Waals surface area contributed by atoms with Crippen molar-refractivity contribution in [3.8, 4) is 5.75 Å². The van der Waals surface area contributed by atoms with E-state index in [9.17, 15) is 4.79 Å². The SMILES string of the molecule is C[C@H](CCc1ccccc1)NC(=O)COc1ccccc1. The second-order valence-electron chi connectivity index (χ2n) is 5.09. The summed E-state index contributed by atoms with van der Waals surface area (Å²) in [5, 5.41) is 2.96. The van der Waals surface area contributed by atoms with Crippen molar-refractivity contribution in [1.82, 2.24) is 5.32 Å². The van der Waals surface area contributed by atoms with Gasteiger partial charge in [-0.05, 0) is 37.5 Å². The Bertz CT molecular complexity index is 540. The summed E-state index contributed by atoms with van der Waals surface area (Å²) in [6.07, 6.45) is 1.88. The van der Waals surface area contributed by atoms with Gasteiger partial charge >= 0.3 is 0 Å². The molecule has 21 heavy (non-hydrogen) atoms. The summed E-state index contributed by atoms with van der Waals surface area (Å²) in [6, 6.07) is 19.8. The van der Waals surface area contributed by atoms with Crippen molar-refractivity contribution in [1.29, 1.82) is 0 Å². The Morgan fingerprint density at radius 1 is 1.05 bits per heavy atom. The quantitative estimate of drug-likeness (QED) is 0.847. The third kappa shape index (κ3) is 5.69. The molecule has 2 rings (SSSR count). The number of para-hydroxylation sites is 1. The number of carbonyl (C=O) groups excluding carboxylic acids is 1. The molecule has 1 atom stereocenters. The molecule has 0 saturated heterocycles. The van der Waals surface area contributed by atoms with Crippen LogP contribution < -0.4 is 10.1 Å². The fourth-order valence-corrected chi connectivity index (χ4v) is 2.08. The lowest BCUT2D eigenvalue weighted by molar-refractivity contribution is -0.123. The lowest BCUT2D eigenvalue weighted by atomic mass is 10.1. The Morgan fingerprint density at radius 3 is 2.33 bits per heavy atom. The normalized spacial score (nSPS) is 11.7. The molecule has 3 heteroatoms. The molecule has 3 nitrogen and oxygen atoms in total. The highest BCUT2D eigenvalue weighted by molar-refractivity contribution is 5.77. The third-order valence-electron chi connectivity index (χ3n) is 3.23. The Morgan fingerprint density at radius 2 is 1.67 bits per heavy atom.